The quantitative estimate of drug-likeness (QED) is 0.755. The van der Waals surface area contributed by atoms with Crippen LogP contribution in [0.4, 0.5) is 0 Å². The average molecular weight is 241 g/mol. The van der Waals surface area contributed by atoms with Gasteiger partial charge in [0.05, 0.1) is 6.26 Å². The van der Waals surface area contributed by atoms with Gasteiger partial charge in [-0.3, -0.25) is 0 Å². The zero-order valence-electron chi connectivity index (χ0n) is 11.3. The average Bonchev–Trinajstić information content (AvgIpc) is 2.74. The van der Waals surface area contributed by atoms with E-state index in [-0.39, 0.29) is 0 Å². The normalized spacial score (nSPS) is 17.2. The van der Waals surface area contributed by atoms with Gasteiger partial charge in [-0.25, -0.2) is 0 Å². The summed E-state index contributed by atoms with van der Waals surface area (Å²) in [4.78, 5) is 2.32. The van der Waals surface area contributed by atoms with E-state index in [1.165, 1.54) is 27.5 Å². The molecule has 0 N–H and O–H groups in total. The zero-order valence-corrected chi connectivity index (χ0v) is 11.3. The Morgan fingerprint density at radius 1 is 1.17 bits per heavy atom. The summed E-state index contributed by atoms with van der Waals surface area (Å²) in [5.41, 5.74) is 4.01. The molecule has 0 spiro atoms. The summed E-state index contributed by atoms with van der Waals surface area (Å²) in [6, 6.07) is 4.47. The molecule has 0 aliphatic carbocycles. The molecule has 1 aliphatic rings. The van der Waals surface area contributed by atoms with Crippen LogP contribution in [0.1, 0.15) is 23.3 Å². The molecular weight excluding hydrogens is 222 g/mol. The number of likely N-dealkylation sites (N-methyl/N-ethyl adjacent to an activating group) is 1. The van der Waals surface area contributed by atoms with Crippen LogP contribution in [-0.2, 0) is 0 Å². The summed E-state index contributed by atoms with van der Waals surface area (Å²) >= 11 is 0. The minimum absolute atomic E-state index is 1.02. The second-order valence-electron chi connectivity index (χ2n) is 5.33. The number of nitrogens with zero attached hydrogens (tertiary/aromatic N) is 1. The maximum Gasteiger partial charge on any atom is 0.137 e. The molecule has 2 heterocycles. The van der Waals surface area contributed by atoms with E-state index in [0.29, 0.717) is 0 Å². The summed E-state index contributed by atoms with van der Waals surface area (Å²) in [6.07, 6.45) is 5.25. The van der Waals surface area contributed by atoms with Crippen molar-refractivity contribution < 1.29 is 4.42 Å². The van der Waals surface area contributed by atoms with Crippen LogP contribution in [0.2, 0.25) is 0 Å². The first-order valence-electron chi connectivity index (χ1n) is 6.51. The van der Waals surface area contributed by atoms with Crippen LogP contribution < -0.4 is 0 Å². The Morgan fingerprint density at radius 2 is 1.94 bits per heavy atom. The van der Waals surface area contributed by atoms with Gasteiger partial charge in [0, 0.05) is 23.9 Å². The number of hydrogen-bond donors (Lipinski definition) is 0. The van der Waals surface area contributed by atoms with E-state index in [1.54, 1.807) is 0 Å². The van der Waals surface area contributed by atoms with Crippen molar-refractivity contribution in [2.75, 3.05) is 20.1 Å². The molecule has 3 rings (SSSR count). The van der Waals surface area contributed by atoms with Gasteiger partial charge in [0.15, 0.2) is 0 Å². The fourth-order valence-electron chi connectivity index (χ4n) is 2.54. The Morgan fingerprint density at radius 3 is 2.67 bits per heavy atom. The van der Waals surface area contributed by atoms with E-state index in [1.807, 2.05) is 6.26 Å². The molecule has 0 radical (unpaired) electrons. The first kappa shape index (κ1) is 11.5. The smallest absolute Gasteiger partial charge is 0.137 e. The van der Waals surface area contributed by atoms with Gasteiger partial charge in [-0.1, -0.05) is 6.08 Å². The SMILES string of the molecule is Cc1cc2coc(C3=CCN(C)CC3)c2cc1C. The molecule has 0 bridgehead atoms. The Labute approximate surface area is 108 Å². The minimum atomic E-state index is 1.02. The highest BCUT2D eigenvalue weighted by Gasteiger charge is 2.15. The van der Waals surface area contributed by atoms with Gasteiger partial charge >= 0.3 is 0 Å². The first-order valence-corrected chi connectivity index (χ1v) is 6.51. The lowest BCUT2D eigenvalue weighted by Gasteiger charge is -2.21. The standard InChI is InChI=1S/C16H19NO/c1-11-8-14-10-18-16(15(14)9-12(11)2)13-4-6-17(3)7-5-13/h4,8-10H,5-7H2,1-3H3. The van der Waals surface area contributed by atoms with Crippen molar-refractivity contribution in [1.29, 1.82) is 0 Å². The van der Waals surface area contributed by atoms with E-state index in [9.17, 15) is 0 Å². The molecule has 2 aromatic rings. The Kier molecular flexibility index (Phi) is 2.75. The highest BCUT2D eigenvalue weighted by molar-refractivity contribution is 5.92. The molecule has 2 nitrogen and oxygen atoms in total. The fraction of sp³-hybridized carbons (Fsp3) is 0.375. The maximum absolute atomic E-state index is 5.81. The lowest BCUT2D eigenvalue weighted by Crippen LogP contribution is -2.23. The largest absolute Gasteiger partial charge is 0.463 e. The van der Waals surface area contributed by atoms with Gasteiger partial charge < -0.3 is 9.32 Å². The van der Waals surface area contributed by atoms with Crippen molar-refractivity contribution in [1.82, 2.24) is 4.90 Å². The predicted octanol–water partition coefficient (Wildman–Crippen LogP) is 3.77. The van der Waals surface area contributed by atoms with Crippen molar-refractivity contribution in [3.05, 3.63) is 41.4 Å². The summed E-state index contributed by atoms with van der Waals surface area (Å²) in [6.45, 7) is 6.44. The number of rotatable bonds is 1. The van der Waals surface area contributed by atoms with Crippen LogP contribution >= 0.6 is 0 Å². The second-order valence-corrected chi connectivity index (χ2v) is 5.33. The fourth-order valence-corrected chi connectivity index (χ4v) is 2.54. The highest BCUT2D eigenvalue weighted by Crippen LogP contribution is 2.32. The van der Waals surface area contributed by atoms with Gasteiger partial charge in [-0.2, -0.15) is 0 Å². The van der Waals surface area contributed by atoms with Gasteiger partial charge in [0.25, 0.3) is 0 Å². The Hall–Kier alpha value is -1.54. The minimum Gasteiger partial charge on any atom is -0.463 e. The zero-order chi connectivity index (χ0) is 12.7. The predicted molar refractivity (Wildman–Crippen MR) is 75.8 cm³/mol. The van der Waals surface area contributed by atoms with Crippen LogP contribution in [0, 0.1) is 13.8 Å². The molecule has 0 saturated carbocycles. The molecule has 1 aromatic carbocycles. The number of furan rings is 1. The third-order valence-corrected chi connectivity index (χ3v) is 3.92. The van der Waals surface area contributed by atoms with Crippen LogP contribution in [0.15, 0.2) is 28.9 Å². The Bertz CT molecular complexity index is 621. The first-order chi connectivity index (χ1) is 8.65. The van der Waals surface area contributed by atoms with E-state index < -0.39 is 0 Å². The monoisotopic (exact) mass is 241 g/mol. The topological polar surface area (TPSA) is 16.4 Å². The van der Waals surface area contributed by atoms with Crippen LogP contribution in [0.5, 0.6) is 0 Å². The lowest BCUT2D eigenvalue weighted by molar-refractivity contribution is 0.367. The molecule has 94 valence electrons. The third kappa shape index (κ3) is 1.87. The van der Waals surface area contributed by atoms with E-state index >= 15 is 0 Å². The van der Waals surface area contributed by atoms with Crippen LogP contribution in [0.25, 0.3) is 16.3 Å². The summed E-state index contributed by atoms with van der Waals surface area (Å²) in [5.74, 6) is 1.07. The van der Waals surface area contributed by atoms with Crippen LogP contribution in [0.3, 0.4) is 0 Å². The van der Waals surface area contributed by atoms with E-state index in [2.05, 4.69) is 44.0 Å². The molecule has 0 unspecified atom stereocenters. The molecule has 18 heavy (non-hydrogen) atoms. The van der Waals surface area contributed by atoms with Crippen molar-refractivity contribution in [2.24, 2.45) is 0 Å². The second kappa shape index (κ2) is 4.29. The highest BCUT2D eigenvalue weighted by atomic mass is 16.3. The molecule has 2 heteroatoms. The van der Waals surface area contributed by atoms with Gasteiger partial charge in [0.2, 0.25) is 0 Å². The molecule has 0 amide bonds. The van der Waals surface area contributed by atoms with Crippen LogP contribution in [-0.4, -0.2) is 25.0 Å². The summed E-state index contributed by atoms with van der Waals surface area (Å²) < 4.78 is 5.81. The number of fused-ring (bicyclic) bond motifs is 1. The van der Waals surface area contributed by atoms with Crippen molar-refractivity contribution in [3.8, 4) is 0 Å². The molecule has 0 atom stereocenters. The lowest BCUT2D eigenvalue weighted by atomic mass is 9.99. The molecule has 0 fully saturated rings. The molecular formula is C16H19NO. The van der Waals surface area contributed by atoms with Crippen molar-refractivity contribution in [2.45, 2.75) is 20.3 Å². The molecule has 1 aliphatic heterocycles. The number of aryl methyl sites for hydroxylation is 2. The summed E-state index contributed by atoms with van der Waals surface area (Å²) in [7, 11) is 2.15. The third-order valence-electron chi connectivity index (χ3n) is 3.92. The maximum atomic E-state index is 5.81. The molecule has 1 aromatic heterocycles. The number of hydrogen-bond acceptors (Lipinski definition) is 2. The van der Waals surface area contributed by atoms with Gasteiger partial charge in [-0.15, -0.1) is 0 Å². The van der Waals surface area contributed by atoms with Crippen molar-refractivity contribution >= 4 is 16.3 Å². The van der Waals surface area contributed by atoms with Crippen molar-refractivity contribution in [3.63, 3.8) is 0 Å². The van der Waals surface area contributed by atoms with E-state index in [0.717, 1.165) is 25.3 Å². The van der Waals surface area contributed by atoms with Gasteiger partial charge in [0.1, 0.15) is 5.76 Å². The summed E-state index contributed by atoms with van der Waals surface area (Å²) in [5, 5.41) is 2.47. The number of benzene rings is 1. The van der Waals surface area contributed by atoms with E-state index in [4.69, 9.17) is 4.42 Å². The molecule has 0 saturated heterocycles. The Balaban J connectivity index is 2.10. The van der Waals surface area contributed by atoms with Gasteiger partial charge in [-0.05, 0) is 56.1 Å².